The third-order valence-corrected chi connectivity index (χ3v) is 6.59. The number of nitrogens with one attached hydrogen (secondary N) is 1. The molecule has 0 aliphatic carbocycles. The van der Waals surface area contributed by atoms with Crippen LogP contribution in [0.1, 0.15) is 39.1 Å². The molecule has 1 N–H and O–H groups in total. The molecule has 4 heterocycles. The first-order valence-electron chi connectivity index (χ1n) is 12.2. The van der Waals surface area contributed by atoms with Gasteiger partial charge in [0.1, 0.15) is 0 Å². The fraction of sp³-hybridized carbons (Fsp3) is 0.200. The Morgan fingerprint density at radius 3 is 2.51 bits per heavy atom. The molecular formula is C30H27N6Pt-. The van der Waals surface area contributed by atoms with Crippen molar-refractivity contribution in [1.29, 1.82) is 0 Å². The van der Waals surface area contributed by atoms with E-state index in [1.165, 1.54) is 0 Å². The Balaban J connectivity index is 0.00000280. The number of anilines is 1. The zero-order chi connectivity index (χ0) is 24.9. The summed E-state index contributed by atoms with van der Waals surface area (Å²) in [6.45, 7) is 8.54. The zero-order valence-corrected chi connectivity index (χ0v) is 23.4. The minimum Gasteiger partial charge on any atom is -0.375 e. The van der Waals surface area contributed by atoms with E-state index in [0.717, 1.165) is 55.7 Å². The molecule has 0 aliphatic heterocycles. The summed E-state index contributed by atoms with van der Waals surface area (Å²) in [5, 5.41) is 11.1. The van der Waals surface area contributed by atoms with Gasteiger partial charge >= 0.3 is 0 Å². The Morgan fingerprint density at radius 2 is 1.68 bits per heavy atom. The van der Waals surface area contributed by atoms with E-state index in [4.69, 9.17) is 15.0 Å². The van der Waals surface area contributed by atoms with Gasteiger partial charge in [-0.25, -0.2) is 14.6 Å². The van der Waals surface area contributed by atoms with Crippen LogP contribution in [0.2, 0.25) is 0 Å². The first-order chi connectivity index (χ1) is 17.4. The number of rotatable bonds is 5. The van der Waals surface area contributed by atoms with E-state index in [2.05, 4.69) is 80.6 Å². The first kappa shape index (κ1) is 25.0. The number of hydrogen-bond acceptors (Lipinski definition) is 5. The molecular weight excluding hydrogens is 639 g/mol. The van der Waals surface area contributed by atoms with E-state index in [0.29, 0.717) is 0 Å². The molecule has 0 bridgehead atoms. The maximum absolute atomic E-state index is 5.13. The molecule has 0 amide bonds. The fourth-order valence-corrected chi connectivity index (χ4v) is 4.64. The van der Waals surface area contributed by atoms with Crippen molar-refractivity contribution < 1.29 is 21.1 Å². The Bertz CT molecular complexity index is 1740. The van der Waals surface area contributed by atoms with Crippen molar-refractivity contribution in [2.24, 2.45) is 0 Å². The van der Waals surface area contributed by atoms with Gasteiger partial charge in [0, 0.05) is 54.6 Å². The number of aromatic nitrogens is 5. The molecule has 6 nitrogen and oxygen atoms in total. The van der Waals surface area contributed by atoms with Crippen LogP contribution in [0.5, 0.6) is 0 Å². The van der Waals surface area contributed by atoms with Crippen LogP contribution in [0, 0.1) is 6.07 Å². The van der Waals surface area contributed by atoms with E-state index in [-0.39, 0.29) is 27.1 Å². The van der Waals surface area contributed by atoms with Crippen molar-refractivity contribution in [1.82, 2.24) is 24.7 Å². The summed E-state index contributed by atoms with van der Waals surface area (Å²) < 4.78 is 1.89. The molecule has 0 unspecified atom stereocenters. The largest absolute Gasteiger partial charge is 0.375 e. The molecule has 7 heteroatoms. The second-order valence-corrected chi connectivity index (χ2v) is 9.90. The molecule has 0 saturated heterocycles. The van der Waals surface area contributed by atoms with Crippen molar-refractivity contribution >= 4 is 38.5 Å². The molecule has 0 aliphatic rings. The van der Waals surface area contributed by atoms with Crippen LogP contribution in [0.3, 0.4) is 0 Å². The summed E-state index contributed by atoms with van der Waals surface area (Å²) in [4.78, 5) is 15.1. The summed E-state index contributed by atoms with van der Waals surface area (Å²) >= 11 is 0. The van der Waals surface area contributed by atoms with Crippen LogP contribution in [0.4, 0.5) is 5.82 Å². The average molecular weight is 667 g/mol. The van der Waals surface area contributed by atoms with Crippen molar-refractivity contribution in [2.75, 3.05) is 5.32 Å². The average Bonchev–Trinajstić information content (AvgIpc) is 3.33. The summed E-state index contributed by atoms with van der Waals surface area (Å²) in [7, 11) is 0. The van der Waals surface area contributed by atoms with Gasteiger partial charge in [-0.1, -0.05) is 29.7 Å². The van der Waals surface area contributed by atoms with E-state index in [1.54, 1.807) is 0 Å². The topological polar surface area (TPSA) is 68.5 Å². The Labute approximate surface area is 230 Å². The van der Waals surface area contributed by atoms with Gasteiger partial charge < -0.3 is 5.32 Å². The van der Waals surface area contributed by atoms with Crippen molar-refractivity contribution in [3.63, 3.8) is 0 Å². The molecule has 2 aromatic carbocycles. The number of nitrogens with zero attached hydrogens (tertiary/aromatic N) is 5. The van der Waals surface area contributed by atoms with Gasteiger partial charge in [0.25, 0.3) is 0 Å². The van der Waals surface area contributed by atoms with Gasteiger partial charge in [0.05, 0.1) is 23.2 Å². The number of pyridine rings is 3. The van der Waals surface area contributed by atoms with E-state index < -0.39 is 5.41 Å². The van der Waals surface area contributed by atoms with E-state index >= 15 is 0 Å². The van der Waals surface area contributed by atoms with E-state index in [9.17, 15) is 0 Å². The standard InChI is InChI=1S/C30H27N6.Pt/c1-19(2)32-29-22-12-7-6-11-21(22)28-23(33-29)16-17-26(35-28)30(3,4)25-14-9-15-27(34-25)36-24-13-8-5-10-20(24)18-31-36;/h5-10,12-19H,1-4H3,(H,32,33);/q-1;. The van der Waals surface area contributed by atoms with Gasteiger partial charge in [0.15, 0.2) is 5.82 Å². The predicted molar refractivity (Wildman–Crippen MR) is 146 cm³/mol. The number of para-hydroxylation sites is 1. The summed E-state index contributed by atoms with van der Waals surface area (Å²) in [6, 6.07) is 28.0. The van der Waals surface area contributed by atoms with Gasteiger partial charge in [-0.15, -0.1) is 29.7 Å². The zero-order valence-electron chi connectivity index (χ0n) is 21.1. The molecule has 6 aromatic rings. The van der Waals surface area contributed by atoms with Crippen LogP contribution < -0.4 is 5.32 Å². The molecule has 4 aromatic heterocycles. The minimum absolute atomic E-state index is 0. The van der Waals surface area contributed by atoms with Crippen LogP contribution in [0.25, 0.3) is 38.5 Å². The minimum atomic E-state index is -0.441. The SMILES string of the molecule is CC(C)Nc1nc2ccc(C(C)(C)c3cccc(-n4ncc5ccccc54)n3)nc2c2[c-]cccc12.[Pt]. The summed E-state index contributed by atoms with van der Waals surface area (Å²) in [5.74, 6) is 1.64. The van der Waals surface area contributed by atoms with Crippen LogP contribution in [0.15, 0.2) is 79.0 Å². The quantitative estimate of drug-likeness (QED) is 0.169. The summed E-state index contributed by atoms with van der Waals surface area (Å²) in [5.41, 5.74) is 4.13. The molecule has 188 valence electrons. The van der Waals surface area contributed by atoms with Gasteiger partial charge in [0.2, 0.25) is 0 Å². The second-order valence-electron chi connectivity index (χ2n) is 9.90. The molecule has 0 saturated carbocycles. The maximum atomic E-state index is 5.13. The predicted octanol–water partition coefficient (Wildman–Crippen LogP) is 6.46. The monoisotopic (exact) mass is 666 g/mol. The number of fused-ring (bicyclic) bond motifs is 4. The number of benzene rings is 2. The fourth-order valence-electron chi connectivity index (χ4n) is 4.64. The molecule has 6 rings (SSSR count). The van der Waals surface area contributed by atoms with Crippen LogP contribution >= 0.6 is 0 Å². The molecule has 0 atom stereocenters. The Hall–Kier alpha value is -3.63. The second kappa shape index (κ2) is 9.68. The molecule has 0 fully saturated rings. The van der Waals surface area contributed by atoms with Gasteiger partial charge in [-0.3, -0.25) is 4.98 Å². The Morgan fingerprint density at radius 1 is 0.865 bits per heavy atom. The third kappa shape index (κ3) is 4.40. The van der Waals surface area contributed by atoms with Gasteiger partial charge in [-0.05, 0) is 58.0 Å². The summed E-state index contributed by atoms with van der Waals surface area (Å²) in [6.07, 6.45) is 1.87. The molecule has 0 spiro atoms. The Kier molecular flexibility index (Phi) is 6.55. The van der Waals surface area contributed by atoms with Gasteiger partial charge in [-0.2, -0.15) is 5.10 Å². The normalized spacial score (nSPS) is 11.8. The van der Waals surface area contributed by atoms with Crippen molar-refractivity contribution in [2.45, 2.75) is 39.2 Å². The first-order valence-corrected chi connectivity index (χ1v) is 12.2. The molecule has 37 heavy (non-hydrogen) atoms. The van der Waals surface area contributed by atoms with E-state index in [1.807, 2.05) is 47.3 Å². The van der Waals surface area contributed by atoms with Crippen molar-refractivity contribution in [3.8, 4) is 5.82 Å². The third-order valence-electron chi connectivity index (χ3n) is 6.59. The number of hydrogen-bond donors (Lipinski definition) is 1. The maximum Gasteiger partial charge on any atom is 0.154 e. The van der Waals surface area contributed by atoms with Crippen LogP contribution in [-0.4, -0.2) is 30.8 Å². The smallest absolute Gasteiger partial charge is 0.154 e. The molecule has 0 radical (unpaired) electrons. The van der Waals surface area contributed by atoms with Crippen molar-refractivity contribution in [3.05, 3.63) is 96.4 Å². The van der Waals surface area contributed by atoms with Crippen LogP contribution in [-0.2, 0) is 26.5 Å².